The van der Waals surface area contributed by atoms with E-state index in [0.717, 1.165) is 5.56 Å². The van der Waals surface area contributed by atoms with E-state index in [-0.39, 0.29) is 36.6 Å². The SMILES string of the molecule is CC(C)C1NCCOc2cc(O)ccc2CCCNC(=O)CNC(=O)C(C(C)O)N(C)C1=O. The van der Waals surface area contributed by atoms with Crippen molar-refractivity contribution in [2.24, 2.45) is 5.92 Å². The van der Waals surface area contributed by atoms with Crippen LogP contribution in [-0.2, 0) is 20.8 Å². The number of fused-ring (bicyclic) bond motifs is 1. The molecule has 3 atom stereocenters. The average Bonchev–Trinajstić information content (AvgIpc) is 2.74. The summed E-state index contributed by atoms with van der Waals surface area (Å²) in [4.78, 5) is 39.2. The van der Waals surface area contributed by atoms with Crippen molar-refractivity contribution in [3.05, 3.63) is 23.8 Å². The second kappa shape index (κ2) is 12.4. The van der Waals surface area contributed by atoms with Gasteiger partial charge in [0.05, 0.1) is 18.7 Å². The van der Waals surface area contributed by atoms with Crippen molar-refractivity contribution in [2.75, 3.05) is 33.3 Å². The van der Waals surface area contributed by atoms with E-state index >= 15 is 0 Å². The van der Waals surface area contributed by atoms with Gasteiger partial charge in [0.15, 0.2) is 0 Å². The predicted octanol–water partition coefficient (Wildman–Crippen LogP) is -0.228. The number of hydrogen-bond donors (Lipinski definition) is 5. The van der Waals surface area contributed by atoms with E-state index < -0.39 is 24.1 Å². The Bertz CT molecular complexity index is 829. The fraction of sp³-hybridized carbons (Fsp3) is 0.609. The van der Waals surface area contributed by atoms with E-state index in [1.165, 1.54) is 18.9 Å². The van der Waals surface area contributed by atoms with Crippen molar-refractivity contribution in [3.63, 3.8) is 0 Å². The van der Waals surface area contributed by atoms with Gasteiger partial charge in [-0.1, -0.05) is 19.9 Å². The van der Waals surface area contributed by atoms with Crippen LogP contribution in [0.5, 0.6) is 11.5 Å². The van der Waals surface area contributed by atoms with Gasteiger partial charge < -0.3 is 35.8 Å². The zero-order valence-corrected chi connectivity index (χ0v) is 19.8. The van der Waals surface area contributed by atoms with Crippen molar-refractivity contribution < 1.29 is 29.3 Å². The summed E-state index contributed by atoms with van der Waals surface area (Å²) in [5, 5.41) is 28.4. The number of hydrogen-bond acceptors (Lipinski definition) is 7. The third-order valence-corrected chi connectivity index (χ3v) is 5.57. The fourth-order valence-electron chi connectivity index (χ4n) is 3.78. The maximum atomic E-state index is 13.2. The summed E-state index contributed by atoms with van der Waals surface area (Å²) in [6.07, 6.45) is 0.132. The van der Waals surface area contributed by atoms with E-state index in [2.05, 4.69) is 16.0 Å². The third-order valence-electron chi connectivity index (χ3n) is 5.57. The molecule has 0 bridgehead atoms. The van der Waals surface area contributed by atoms with E-state index in [1.54, 1.807) is 18.2 Å². The molecule has 2 rings (SSSR count). The number of phenols is 1. The Morgan fingerprint density at radius 3 is 2.52 bits per heavy atom. The Kier molecular flexibility index (Phi) is 9.93. The second-order valence-electron chi connectivity index (χ2n) is 8.62. The Labute approximate surface area is 194 Å². The smallest absolute Gasteiger partial charge is 0.245 e. The molecule has 184 valence electrons. The molecular formula is C23H36N4O6. The van der Waals surface area contributed by atoms with Crippen LogP contribution in [0.25, 0.3) is 0 Å². The first kappa shape index (κ1) is 26.4. The van der Waals surface area contributed by atoms with Crippen LogP contribution in [-0.4, -0.2) is 84.3 Å². The van der Waals surface area contributed by atoms with Crippen LogP contribution in [0.2, 0.25) is 0 Å². The standard InChI is InChI=1S/C23H36N4O6/c1-14(2)20-23(32)27(4)21(15(3)28)22(31)26-13-19(30)24-9-5-6-16-7-8-17(29)12-18(16)33-11-10-25-20/h7-8,12,14-15,20-21,25,28-29H,5-6,9-11,13H2,1-4H3,(H,24,30)(H,26,31). The van der Waals surface area contributed by atoms with Crippen molar-refractivity contribution >= 4 is 17.7 Å². The molecule has 10 nitrogen and oxygen atoms in total. The van der Waals surface area contributed by atoms with Crippen molar-refractivity contribution in [2.45, 2.75) is 51.8 Å². The molecular weight excluding hydrogens is 428 g/mol. The molecule has 10 heteroatoms. The van der Waals surface area contributed by atoms with Crippen LogP contribution in [0, 0.1) is 5.92 Å². The largest absolute Gasteiger partial charge is 0.508 e. The van der Waals surface area contributed by atoms with E-state index in [9.17, 15) is 24.6 Å². The summed E-state index contributed by atoms with van der Waals surface area (Å²) in [7, 11) is 1.46. The van der Waals surface area contributed by atoms with E-state index in [4.69, 9.17) is 4.74 Å². The van der Waals surface area contributed by atoms with Gasteiger partial charge in [0, 0.05) is 26.2 Å². The number of aryl methyl sites for hydroxylation is 1. The van der Waals surface area contributed by atoms with Crippen molar-refractivity contribution in [1.82, 2.24) is 20.9 Å². The van der Waals surface area contributed by atoms with E-state index in [0.29, 0.717) is 31.7 Å². The van der Waals surface area contributed by atoms with Crippen LogP contribution in [0.15, 0.2) is 18.2 Å². The number of nitrogens with one attached hydrogen (secondary N) is 3. The molecule has 1 aliphatic rings. The minimum atomic E-state index is -1.14. The molecule has 0 spiro atoms. The molecule has 0 fully saturated rings. The number of aliphatic hydroxyl groups is 1. The summed E-state index contributed by atoms with van der Waals surface area (Å²) >= 11 is 0. The molecule has 0 aliphatic carbocycles. The number of aromatic hydroxyl groups is 1. The number of likely N-dealkylation sites (N-methyl/N-ethyl adjacent to an activating group) is 1. The Hall–Kier alpha value is -2.85. The van der Waals surface area contributed by atoms with Crippen molar-refractivity contribution in [1.29, 1.82) is 0 Å². The quantitative estimate of drug-likeness (QED) is 0.407. The first-order chi connectivity index (χ1) is 15.6. The Morgan fingerprint density at radius 1 is 1.12 bits per heavy atom. The first-order valence-electron chi connectivity index (χ1n) is 11.3. The fourth-order valence-corrected chi connectivity index (χ4v) is 3.78. The predicted molar refractivity (Wildman–Crippen MR) is 123 cm³/mol. The van der Waals surface area contributed by atoms with Crippen LogP contribution >= 0.6 is 0 Å². The number of amides is 3. The number of carbonyl (C=O) groups is 3. The number of carbonyl (C=O) groups excluding carboxylic acids is 3. The van der Waals surface area contributed by atoms with Gasteiger partial charge in [0.2, 0.25) is 17.7 Å². The summed E-state index contributed by atoms with van der Waals surface area (Å²) in [6, 6.07) is 3.16. The second-order valence-corrected chi connectivity index (χ2v) is 8.62. The van der Waals surface area contributed by atoms with Gasteiger partial charge in [-0.3, -0.25) is 14.4 Å². The number of benzene rings is 1. The minimum absolute atomic E-state index is 0.0916. The maximum absolute atomic E-state index is 13.2. The van der Waals surface area contributed by atoms with Crippen LogP contribution in [0.1, 0.15) is 32.8 Å². The van der Waals surface area contributed by atoms with Crippen LogP contribution in [0.4, 0.5) is 0 Å². The third kappa shape index (κ3) is 7.61. The molecule has 33 heavy (non-hydrogen) atoms. The molecule has 1 heterocycles. The zero-order chi connectivity index (χ0) is 24.5. The minimum Gasteiger partial charge on any atom is -0.508 e. The molecule has 1 aromatic rings. The number of nitrogens with zero attached hydrogens (tertiary/aromatic N) is 1. The molecule has 0 aromatic heterocycles. The average molecular weight is 465 g/mol. The lowest BCUT2D eigenvalue weighted by atomic mass is 10.0. The van der Waals surface area contributed by atoms with E-state index in [1.807, 2.05) is 13.8 Å². The highest BCUT2D eigenvalue weighted by molar-refractivity contribution is 5.92. The lowest BCUT2D eigenvalue weighted by Gasteiger charge is -2.33. The molecule has 0 radical (unpaired) electrons. The molecule has 3 amide bonds. The molecule has 3 unspecified atom stereocenters. The summed E-state index contributed by atoms with van der Waals surface area (Å²) in [5.41, 5.74) is 0.896. The Morgan fingerprint density at radius 2 is 1.85 bits per heavy atom. The molecule has 0 saturated carbocycles. The van der Waals surface area contributed by atoms with Crippen molar-refractivity contribution in [3.8, 4) is 11.5 Å². The maximum Gasteiger partial charge on any atom is 0.245 e. The lowest BCUT2D eigenvalue weighted by molar-refractivity contribution is -0.145. The number of ether oxygens (including phenoxy) is 1. The molecule has 5 N–H and O–H groups in total. The molecule has 1 aliphatic heterocycles. The highest BCUT2D eigenvalue weighted by Crippen LogP contribution is 2.25. The van der Waals surface area contributed by atoms with Gasteiger partial charge in [-0.25, -0.2) is 0 Å². The number of phenolic OH excluding ortho intramolecular Hbond substituents is 1. The number of rotatable bonds is 2. The number of aliphatic hydroxyl groups excluding tert-OH is 1. The van der Waals surface area contributed by atoms with Crippen LogP contribution in [0.3, 0.4) is 0 Å². The van der Waals surface area contributed by atoms with Gasteiger partial charge in [-0.2, -0.15) is 0 Å². The summed E-state index contributed by atoms with van der Waals surface area (Å²) in [6.45, 7) is 5.94. The summed E-state index contributed by atoms with van der Waals surface area (Å²) < 4.78 is 5.86. The zero-order valence-electron chi connectivity index (χ0n) is 19.8. The topological polar surface area (TPSA) is 140 Å². The van der Waals surface area contributed by atoms with Crippen LogP contribution < -0.4 is 20.7 Å². The molecule has 0 saturated heterocycles. The van der Waals surface area contributed by atoms with Gasteiger partial charge >= 0.3 is 0 Å². The van der Waals surface area contributed by atoms with Gasteiger partial charge in [0.25, 0.3) is 0 Å². The monoisotopic (exact) mass is 464 g/mol. The van der Waals surface area contributed by atoms with Gasteiger partial charge in [0.1, 0.15) is 24.1 Å². The molecule has 1 aromatic carbocycles. The highest BCUT2D eigenvalue weighted by atomic mass is 16.5. The lowest BCUT2D eigenvalue weighted by Crippen LogP contribution is -2.59. The highest BCUT2D eigenvalue weighted by Gasteiger charge is 2.35. The van der Waals surface area contributed by atoms with Gasteiger partial charge in [-0.05, 0) is 37.3 Å². The first-order valence-corrected chi connectivity index (χ1v) is 11.3. The normalized spacial score (nSPS) is 23.0. The Balaban J connectivity index is 2.24. The van der Waals surface area contributed by atoms with Gasteiger partial charge in [-0.15, -0.1) is 0 Å². The summed E-state index contributed by atoms with van der Waals surface area (Å²) in [5.74, 6) is -0.771.